The van der Waals surface area contributed by atoms with E-state index in [1.807, 2.05) is 0 Å². The van der Waals surface area contributed by atoms with Crippen LogP contribution < -0.4 is 0 Å². The molecule has 1 atom stereocenters. The van der Waals surface area contributed by atoms with Crippen molar-refractivity contribution in [3.05, 3.63) is 138 Å². The van der Waals surface area contributed by atoms with Crippen LogP contribution in [0.15, 0.2) is 126 Å². The third-order valence-corrected chi connectivity index (χ3v) is 30.7. The van der Waals surface area contributed by atoms with E-state index in [2.05, 4.69) is 154 Å². The van der Waals surface area contributed by atoms with Gasteiger partial charge < -0.3 is 0 Å². The molecule has 4 rings (SSSR count). The van der Waals surface area contributed by atoms with E-state index in [-0.39, 0.29) is 0 Å². The first-order chi connectivity index (χ1) is 21.2. The average molecular weight is 700 g/mol. The SMILES string of the molecule is CCC[CH2][Sn]([CH2]CCC)([CH2]CCC)[CH](CCOC(c1ccccc1)(c1ccccc1)c1ccccc1)Sc1ccccc1. The molecule has 1 nitrogen and oxygen atoms in total. The van der Waals surface area contributed by atoms with E-state index in [9.17, 15) is 0 Å². The van der Waals surface area contributed by atoms with Crippen LogP contribution in [0.3, 0.4) is 0 Å². The number of ether oxygens (including phenoxy) is 1. The van der Waals surface area contributed by atoms with Crippen molar-refractivity contribution in [2.24, 2.45) is 0 Å². The van der Waals surface area contributed by atoms with Gasteiger partial charge in [0.2, 0.25) is 0 Å². The van der Waals surface area contributed by atoms with Crippen LogP contribution in [0.25, 0.3) is 0 Å². The predicted octanol–water partition coefficient (Wildman–Crippen LogP) is 11.9. The summed E-state index contributed by atoms with van der Waals surface area (Å²) in [6.45, 7) is 7.89. The molecule has 0 radical (unpaired) electrons. The standard InChI is InChI=1S/C28H25OS.3C4H9.Sn/c1-5-14-24(15-6-1)28(25-16-7-2-8-17-25,26-18-9-3-10-19-26)29-22-13-23-30-27-20-11-4-12-21-27;3*1-3-4-2;/h1-12,14-21,23H,13,22H2;3*1,3-4H2,2H3;. The van der Waals surface area contributed by atoms with E-state index in [0.717, 1.165) is 13.0 Å². The Kier molecular flexibility index (Phi) is 14.2. The van der Waals surface area contributed by atoms with Gasteiger partial charge in [-0.05, 0) is 0 Å². The first kappa shape index (κ1) is 33.9. The van der Waals surface area contributed by atoms with Crippen molar-refractivity contribution in [2.75, 3.05) is 6.61 Å². The van der Waals surface area contributed by atoms with Gasteiger partial charge >= 0.3 is 272 Å². The molecule has 0 aliphatic rings. The molecule has 0 heterocycles. The van der Waals surface area contributed by atoms with Gasteiger partial charge in [0.05, 0.1) is 0 Å². The van der Waals surface area contributed by atoms with Gasteiger partial charge in [0.15, 0.2) is 0 Å². The molecule has 3 heteroatoms. The summed E-state index contributed by atoms with van der Waals surface area (Å²) in [5, 5.41) is 0. The van der Waals surface area contributed by atoms with Crippen LogP contribution in [0, 0.1) is 0 Å². The Balaban J connectivity index is 1.75. The van der Waals surface area contributed by atoms with Crippen LogP contribution in [-0.2, 0) is 10.3 Å². The molecule has 0 saturated heterocycles. The van der Waals surface area contributed by atoms with Crippen molar-refractivity contribution < 1.29 is 4.74 Å². The summed E-state index contributed by atoms with van der Waals surface area (Å²) in [6.07, 6.45) is 9.18. The molecule has 4 aromatic carbocycles. The van der Waals surface area contributed by atoms with Gasteiger partial charge in [0.25, 0.3) is 0 Å². The zero-order valence-corrected chi connectivity index (χ0v) is 30.4. The summed E-state index contributed by atoms with van der Waals surface area (Å²) in [7, 11) is 0. The van der Waals surface area contributed by atoms with Gasteiger partial charge in [-0.2, -0.15) is 0 Å². The molecule has 0 spiro atoms. The molecule has 1 unspecified atom stereocenters. The molecule has 0 bridgehead atoms. The fourth-order valence-electron chi connectivity index (χ4n) is 6.69. The Hall–Kier alpha value is -2.01. The summed E-state index contributed by atoms with van der Waals surface area (Å²) >= 11 is -0.411. The second-order valence-electron chi connectivity index (χ2n) is 12.0. The molecule has 228 valence electrons. The number of benzene rings is 4. The number of hydrogen-bond acceptors (Lipinski definition) is 2. The Bertz CT molecular complexity index is 1160. The number of unbranched alkanes of at least 4 members (excludes halogenated alkanes) is 3. The fraction of sp³-hybridized carbons (Fsp3) is 0.400. The van der Waals surface area contributed by atoms with Crippen LogP contribution in [0.2, 0.25) is 13.3 Å². The third kappa shape index (κ3) is 9.02. The zero-order chi connectivity index (χ0) is 30.2. The maximum absolute atomic E-state index is 7.38. The molecular weight excluding hydrogens is 647 g/mol. The number of thioether (sulfide) groups is 1. The molecular formula is C40H52OSSn. The van der Waals surface area contributed by atoms with Crippen molar-refractivity contribution in [1.82, 2.24) is 0 Å². The van der Waals surface area contributed by atoms with E-state index >= 15 is 0 Å². The maximum atomic E-state index is 7.38. The second-order valence-corrected chi connectivity index (χ2v) is 28.5. The van der Waals surface area contributed by atoms with Gasteiger partial charge in [0, 0.05) is 0 Å². The summed E-state index contributed by atoms with van der Waals surface area (Å²) in [4.78, 5) is 1.43. The Morgan fingerprint density at radius 2 is 0.930 bits per heavy atom. The van der Waals surface area contributed by atoms with E-state index < -0.39 is 24.0 Å². The van der Waals surface area contributed by atoms with Crippen LogP contribution >= 0.6 is 11.8 Å². The fourth-order valence-corrected chi connectivity index (χ4v) is 29.5. The van der Waals surface area contributed by atoms with E-state index in [4.69, 9.17) is 4.74 Å². The molecule has 4 aromatic rings. The van der Waals surface area contributed by atoms with Crippen LogP contribution in [0.4, 0.5) is 0 Å². The number of hydrogen-bond donors (Lipinski definition) is 0. The van der Waals surface area contributed by atoms with Gasteiger partial charge in [-0.3, -0.25) is 0 Å². The molecule has 43 heavy (non-hydrogen) atoms. The number of rotatable bonds is 19. The second kappa shape index (κ2) is 18.1. The van der Waals surface area contributed by atoms with Crippen LogP contribution in [0.1, 0.15) is 82.4 Å². The van der Waals surface area contributed by atoms with Crippen molar-refractivity contribution >= 4 is 30.1 Å². The molecule has 0 aliphatic heterocycles. The summed E-state index contributed by atoms with van der Waals surface area (Å²) < 4.78 is 12.6. The van der Waals surface area contributed by atoms with Gasteiger partial charge in [-0.25, -0.2) is 0 Å². The van der Waals surface area contributed by atoms with E-state index in [1.165, 1.54) is 73.4 Å². The van der Waals surface area contributed by atoms with Gasteiger partial charge in [-0.1, -0.05) is 0 Å². The summed E-state index contributed by atoms with van der Waals surface area (Å²) in [6, 6.07) is 43.9. The monoisotopic (exact) mass is 700 g/mol. The van der Waals surface area contributed by atoms with Crippen molar-refractivity contribution in [3.63, 3.8) is 0 Å². The normalized spacial score (nSPS) is 12.7. The average Bonchev–Trinajstić information content (AvgIpc) is 3.08. The first-order valence-electron chi connectivity index (χ1n) is 16.7. The van der Waals surface area contributed by atoms with Crippen molar-refractivity contribution in [2.45, 2.75) is 92.8 Å². The van der Waals surface area contributed by atoms with Crippen molar-refractivity contribution in [1.29, 1.82) is 0 Å². The van der Waals surface area contributed by atoms with Crippen LogP contribution in [0.5, 0.6) is 0 Å². The van der Waals surface area contributed by atoms with Crippen LogP contribution in [-0.4, -0.2) is 28.2 Å². The molecule has 0 amide bonds. The topological polar surface area (TPSA) is 9.23 Å². The quantitative estimate of drug-likeness (QED) is 0.0547. The first-order valence-corrected chi connectivity index (χ1v) is 25.3. The molecule has 0 aliphatic carbocycles. The summed E-state index contributed by atoms with van der Waals surface area (Å²) in [5.74, 6) is 0. The molecule has 0 aromatic heterocycles. The van der Waals surface area contributed by atoms with Crippen molar-refractivity contribution in [3.8, 4) is 0 Å². The minimum atomic E-state index is -2.61. The zero-order valence-electron chi connectivity index (χ0n) is 26.7. The Morgan fingerprint density at radius 3 is 1.30 bits per heavy atom. The van der Waals surface area contributed by atoms with E-state index in [0.29, 0.717) is 3.27 Å². The third-order valence-electron chi connectivity index (χ3n) is 9.03. The Morgan fingerprint density at radius 1 is 0.558 bits per heavy atom. The van der Waals surface area contributed by atoms with Gasteiger partial charge in [0.1, 0.15) is 0 Å². The Labute approximate surface area is 270 Å². The summed E-state index contributed by atoms with van der Waals surface area (Å²) in [5.41, 5.74) is 2.92. The molecule has 0 fully saturated rings. The van der Waals surface area contributed by atoms with E-state index in [1.54, 1.807) is 0 Å². The minimum absolute atomic E-state index is 0.653. The van der Waals surface area contributed by atoms with Gasteiger partial charge in [-0.15, -0.1) is 0 Å². The molecule has 0 saturated carbocycles. The predicted molar refractivity (Wildman–Crippen MR) is 191 cm³/mol. The molecule has 0 N–H and O–H groups in total.